The van der Waals surface area contributed by atoms with Gasteiger partial charge < -0.3 is 5.32 Å². The molecular weight excluding hydrogens is 388 g/mol. The average Bonchev–Trinajstić information content (AvgIpc) is 3.23. The maximum absolute atomic E-state index is 12.8. The van der Waals surface area contributed by atoms with Gasteiger partial charge >= 0.3 is 0 Å². The van der Waals surface area contributed by atoms with Gasteiger partial charge in [0.2, 0.25) is 10.0 Å². The van der Waals surface area contributed by atoms with E-state index in [0.717, 1.165) is 36.2 Å². The van der Waals surface area contributed by atoms with E-state index in [1.807, 2.05) is 35.0 Å². The molecular formula is C21H28N4O3S. The molecule has 2 aliphatic rings. The smallest absolute Gasteiger partial charge is 0.271 e. The number of aromatic nitrogens is 2. The quantitative estimate of drug-likeness (QED) is 0.785. The Morgan fingerprint density at radius 2 is 1.97 bits per heavy atom. The van der Waals surface area contributed by atoms with E-state index in [2.05, 4.69) is 31.2 Å². The van der Waals surface area contributed by atoms with Gasteiger partial charge in [0.1, 0.15) is 5.69 Å². The Hall–Kier alpha value is -2.35. The van der Waals surface area contributed by atoms with Crippen LogP contribution in [0.5, 0.6) is 0 Å². The standard InChI is InChI=1S/C21H28N4O3S/c1-21(2,3)25-19(16-8-9-16)14-17(23-25)20(26)22-11-13-29(27,28)24-12-10-15-6-4-5-7-18(15)24/h4-7,14,16H,8-13H2,1-3H3,(H,22,26). The van der Waals surface area contributed by atoms with E-state index in [0.29, 0.717) is 18.2 Å². The monoisotopic (exact) mass is 416 g/mol. The number of hydrogen-bond donors (Lipinski definition) is 1. The second-order valence-electron chi connectivity index (χ2n) is 8.83. The maximum atomic E-state index is 12.8. The van der Waals surface area contributed by atoms with Gasteiger partial charge in [-0.1, -0.05) is 18.2 Å². The zero-order valence-corrected chi connectivity index (χ0v) is 18.0. The average molecular weight is 417 g/mol. The predicted octanol–water partition coefficient (Wildman–Crippen LogP) is 2.64. The Bertz CT molecular complexity index is 1030. The molecule has 0 radical (unpaired) electrons. The van der Waals surface area contributed by atoms with Crippen molar-refractivity contribution in [3.05, 3.63) is 47.3 Å². The molecule has 1 aliphatic heterocycles. The van der Waals surface area contributed by atoms with Crippen molar-refractivity contribution in [2.75, 3.05) is 23.1 Å². The summed E-state index contributed by atoms with van der Waals surface area (Å²) in [6, 6.07) is 9.40. The highest BCUT2D eigenvalue weighted by atomic mass is 32.2. The minimum Gasteiger partial charge on any atom is -0.350 e. The van der Waals surface area contributed by atoms with Crippen LogP contribution in [0.15, 0.2) is 30.3 Å². The molecule has 8 heteroatoms. The second kappa shape index (κ2) is 7.16. The maximum Gasteiger partial charge on any atom is 0.271 e. The molecule has 2 heterocycles. The van der Waals surface area contributed by atoms with Crippen LogP contribution in [0.1, 0.15) is 61.3 Å². The van der Waals surface area contributed by atoms with Crippen molar-refractivity contribution >= 4 is 21.6 Å². The van der Waals surface area contributed by atoms with Crippen LogP contribution in [0.4, 0.5) is 5.69 Å². The van der Waals surface area contributed by atoms with E-state index < -0.39 is 10.0 Å². The molecule has 7 nitrogen and oxygen atoms in total. The Morgan fingerprint density at radius 1 is 1.24 bits per heavy atom. The molecule has 0 atom stereocenters. The number of amides is 1. The third-order valence-electron chi connectivity index (χ3n) is 5.43. The molecule has 2 aromatic rings. The molecule has 0 spiro atoms. The van der Waals surface area contributed by atoms with Gasteiger partial charge in [0.25, 0.3) is 5.91 Å². The summed E-state index contributed by atoms with van der Waals surface area (Å²) in [5.74, 6) is 0.00790. The SMILES string of the molecule is CC(C)(C)n1nc(C(=O)NCCS(=O)(=O)N2CCc3ccccc32)cc1C1CC1. The van der Waals surface area contributed by atoms with Gasteiger partial charge in [0, 0.05) is 24.7 Å². The number of rotatable bonds is 6. The number of hydrogen-bond acceptors (Lipinski definition) is 4. The molecule has 0 unspecified atom stereocenters. The van der Waals surface area contributed by atoms with Crippen molar-refractivity contribution in [2.45, 2.75) is 51.5 Å². The molecule has 1 saturated carbocycles. The first-order valence-corrected chi connectivity index (χ1v) is 11.7. The lowest BCUT2D eigenvalue weighted by atomic mass is 10.1. The van der Waals surface area contributed by atoms with Crippen LogP contribution in [0.2, 0.25) is 0 Å². The fourth-order valence-electron chi connectivity index (χ4n) is 3.80. The van der Waals surface area contributed by atoms with Crippen molar-refractivity contribution in [3.8, 4) is 0 Å². The lowest BCUT2D eigenvalue weighted by molar-refractivity contribution is 0.0949. The first-order chi connectivity index (χ1) is 13.7. The molecule has 1 N–H and O–H groups in total. The summed E-state index contributed by atoms with van der Waals surface area (Å²) in [6.45, 7) is 6.70. The number of para-hydroxylation sites is 1. The number of nitrogens with zero attached hydrogens (tertiary/aromatic N) is 3. The van der Waals surface area contributed by atoms with Gasteiger partial charge in [-0.2, -0.15) is 5.10 Å². The van der Waals surface area contributed by atoms with Gasteiger partial charge in [0.15, 0.2) is 0 Å². The lowest BCUT2D eigenvalue weighted by Gasteiger charge is -2.22. The van der Waals surface area contributed by atoms with Crippen LogP contribution >= 0.6 is 0 Å². The normalized spacial score (nSPS) is 16.7. The number of anilines is 1. The number of benzene rings is 1. The van der Waals surface area contributed by atoms with Crippen LogP contribution in [-0.2, 0) is 22.0 Å². The number of fused-ring (bicyclic) bond motifs is 1. The van der Waals surface area contributed by atoms with Crippen LogP contribution in [0, 0.1) is 0 Å². The third kappa shape index (κ3) is 4.03. The molecule has 1 amide bonds. The fraction of sp³-hybridized carbons (Fsp3) is 0.524. The molecule has 156 valence electrons. The van der Waals surface area contributed by atoms with Crippen molar-refractivity contribution < 1.29 is 13.2 Å². The number of nitrogens with one attached hydrogen (secondary N) is 1. The van der Waals surface area contributed by atoms with Crippen LogP contribution < -0.4 is 9.62 Å². The third-order valence-corrected chi connectivity index (χ3v) is 7.20. The van der Waals surface area contributed by atoms with Crippen LogP contribution in [0.25, 0.3) is 0 Å². The molecule has 0 bridgehead atoms. The van der Waals surface area contributed by atoms with Gasteiger partial charge in [-0.15, -0.1) is 0 Å². The van der Waals surface area contributed by atoms with E-state index in [1.54, 1.807) is 0 Å². The largest absolute Gasteiger partial charge is 0.350 e. The lowest BCUT2D eigenvalue weighted by Crippen LogP contribution is -2.37. The molecule has 1 fully saturated rings. The van der Waals surface area contributed by atoms with E-state index in [1.165, 1.54) is 4.31 Å². The van der Waals surface area contributed by atoms with Crippen LogP contribution in [-0.4, -0.2) is 42.9 Å². The molecule has 4 rings (SSSR count). The molecule has 1 aromatic heterocycles. The minimum atomic E-state index is -3.49. The van der Waals surface area contributed by atoms with Crippen molar-refractivity contribution in [3.63, 3.8) is 0 Å². The Labute approximate surface area is 172 Å². The Morgan fingerprint density at radius 3 is 2.66 bits per heavy atom. The second-order valence-corrected chi connectivity index (χ2v) is 10.8. The highest BCUT2D eigenvalue weighted by Crippen LogP contribution is 2.41. The summed E-state index contributed by atoms with van der Waals surface area (Å²) >= 11 is 0. The molecule has 1 aromatic carbocycles. The van der Waals surface area contributed by atoms with Gasteiger partial charge in [0.05, 0.1) is 17.0 Å². The van der Waals surface area contributed by atoms with Gasteiger partial charge in [-0.05, 0) is 57.7 Å². The highest BCUT2D eigenvalue weighted by molar-refractivity contribution is 7.92. The molecule has 1 aliphatic carbocycles. The van der Waals surface area contributed by atoms with E-state index in [9.17, 15) is 13.2 Å². The van der Waals surface area contributed by atoms with E-state index >= 15 is 0 Å². The zero-order valence-electron chi connectivity index (χ0n) is 17.2. The highest BCUT2D eigenvalue weighted by Gasteiger charge is 2.33. The van der Waals surface area contributed by atoms with Crippen molar-refractivity contribution in [1.82, 2.24) is 15.1 Å². The Kier molecular flexibility index (Phi) is 4.93. The van der Waals surface area contributed by atoms with Gasteiger partial charge in [-0.3, -0.25) is 13.8 Å². The van der Waals surface area contributed by atoms with Crippen molar-refractivity contribution in [1.29, 1.82) is 0 Å². The van der Waals surface area contributed by atoms with Crippen LogP contribution in [0.3, 0.4) is 0 Å². The summed E-state index contributed by atoms with van der Waals surface area (Å²) < 4.78 is 28.9. The molecule has 29 heavy (non-hydrogen) atoms. The van der Waals surface area contributed by atoms with Crippen molar-refractivity contribution in [2.24, 2.45) is 0 Å². The predicted molar refractivity (Wildman–Crippen MR) is 113 cm³/mol. The number of sulfonamides is 1. The topological polar surface area (TPSA) is 84.3 Å². The van der Waals surface area contributed by atoms with Gasteiger partial charge in [-0.25, -0.2) is 8.42 Å². The summed E-state index contributed by atoms with van der Waals surface area (Å²) in [4.78, 5) is 12.6. The van der Waals surface area contributed by atoms with E-state index in [-0.39, 0.29) is 23.7 Å². The summed E-state index contributed by atoms with van der Waals surface area (Å²) in [5, 5.41) is 7.24. The number of carbonyl (C=O) groups excluding carboxylic acids is 1. The summed E-state index contributed by atoms with van der Waals surface area (Å²) in [5.41, 5.74) is 3.02. The minimum absolute atomic E-state index is 0.0565. The number of carbonyl (C=O) groups is 1. The van der Waals surface area contributed by atoms with E-state index in [4.69, 9.17) is 0 Å². The zero-order chi connectivity index (χ0) is 20.8. The summed E-state index contributed by atoms with van der Waals surface area (Å²) in [6.07, 6.45) is 2.96. The molecule has 0 saturated heterocycles. The first-order valence-electron chi connectivity index (χ1n) is 10.1. The Balaban J connectivity index is 1.41. The first kappa shape index (κ1) is 19.9. The summed E-state index contributed by atoms with van der Waals surface area (Å²) in [7, 11) is -3.49. The fourth-order valence-corrected chi connectivity index (χ4v) is 5.23.